The maximum absolute atomic E-state index is 12.2. The van der Waals surface area contributed by atoms with Gasteiger partial charge in [-0.25, -0.2) is 4.98 Å². The van der Waals surface area contributed by atoms with Crippen LogP contribution in [0, 0.1) is 0 Å². The van der Waals surface area contributed by atoms with Crippen LogP contribution >= 0.6 is 0 Å². The number of aryl methyl sites for hydroxylation is 1. The molecule has 0 atom stereocenters. The van der Waals surface area contributed by atoms with E-state index in [4.69, 9.17) is 4.74 Å². The highest BCUT2D eigenvalue weighted by Crippen LogP contribution is 2.17. The molecule has 0 aliphatic carbocycles. The summed E-state index contributed by atoms with van der Waals surface area (Å²) in [4.78, 5) is 32.9. The van der Waals surface area contributed by atoms with E-state index in [1.807, 2.05) is 42.7 Å². The van der Waals surface area contributed by atoms with E-state index in [1.54, 1.807) is 24.4 Å². The van der Waals surface area contributed by atoms with Crippen molar-refractivity contribution in [1.29, 1.82) is 0 Å². The van der Waals surface area contributed by atoms with Crippen molar-refractivity contribution in [3.8, 4) is 0 Å². The number of nitrogens with zero attached hydrogens (tertiary/aromatic N) is 3. The van der Waals surface area contributed by atoms with Gasteiger partial charge in [0.15, 0.2) is 0 Å². The molecule has 7 nitrogen and oxygen atoms in total. The predicted octanol–water partition coefficient (Wildman–Crippen LogP) is 2.75. The lowest BCUT2D eigenvalue weighted by Gasteiger charge is -2.11. The molecule has 0 spiro atoms. The summed E-state index contributed by atoms with van der Waals surface area (Å²) in [5.41, 5.74) is 2.13. The number of imidazole rings is 1. The number of hydrogen-bond donors (Lipinski definition) is 1. The van der Waals surface area contributed by atoms with Gasteiger partial charge in [0.2, 0.25) is 0 Å². The number of amides is 1. The van der Waals surface area contributed by atoms with Crippen LogP contribution < -0.4 is 5.32 Å². The Balaban J connectivity index is 1.64. The molecule has 2 heterocycles. The fourth-order valence-corrected chi connectivity index (χ4v) is 2.96. The van der Waals surface area contributed by atoms with Gasteiger partial charge in [-0.1, -0.05) is 18.2 Å². The van der Waals surface area contributed by atoms with E-state index in [0.717, 1.165) is 16.9 Å². The van der Waals surface area contributed by atoms with E-state index >= 15 is 0 Å². The SMILES string of the molecule is CC(C)OC(=O)Cn1c(CCCNC(=O)c2ccccn2)nc2ccccc21. The Hall–Kier alpha value is -3.22. The maximum atomic E-state index is 12.2. The van der Waals surface area contributed by atoms with Gasteiger partial charge in [0, 0.05) is 19.2 Å². The highest BCUT2D eigenvalue weighted by atomic mass is 16.5. The average Bonchev–Trinajstić information content (AvgIpc) is 3.02. The molecule has 0 saturated heterocycles. The first-order chi connectivity index (χ1) is 13.5. The summed E-state index contributed by atoms with van der Waals surface area (Å²) in [6.07, 6.45) is 2.76. The van der Waals surface area contributed by atoms with Crippen molar-refractivity contribution in [3.05, 3.63) is 60.2 Å². The summed E-state index contributed by atoms with van der Waals surface area (Å²) >= 11 is 0. The molecular weight excluding hydrogens is 356 g/mol. The van der Waals surface area contributed by atoms with E-state index in [0.29, 0.717) is 25.1 Å². The number of esters is 1. The fourth-order valence-electron chi connectivity index (χ4n) is 2.96. The number of fused-ring (bicyclic) bond motifs is 1. The van der Waals surface area contributed by atoms with Gasteiger partial charge in [0.1, 0.15) is 18.1 Å². The second-order valence-electron chi connectivity index (χ2n) is 6.72. The van der Waals surface area contributed by atoms with Gasteiger partial charge in [-0.3, -0.25) is 14.6 Å². The second kappa shape index (κ2) is 9.12. The van der Waals surface area contributed by atoms with Crippen LogP contribution in [0.4, 0.5) is 0 Å². The molecule has 1 N–H and O–H groups in total. The number of benzene rings is 1. The van der Waals surface area contributed by atoms with Crippen LogP contribution in [0.25, 0.3) is 11.0 Å². The molecule has 28 heavy (non-hydrogen) atoms. The van der Waals surface area contributed by atoms with Crippen molar-refractivity contribution >= 4 is 22.9 Å². The molecule has 0 bridgehead atoms. The summed E-state index contributed by atoms with van der Waals surface area (Å²) in [6, 6.07) is 12.9. The van der Waals surface area contributed by atoms with Crippen molar-refractivity contribution in [2.24, 2.45) is 0 Å². The van der Waals surface area contributed by atoms with Crippen LogP contribution in [0.3, 0.4) is 0 Å². The van der Waals surface area contributed by atoms with E-state index in [9.17, 15) is 9.59 Å². The number of ether oxygens (including phenoxy) is 1. The van der Waals surface area contributed by atoms with Gasteiger partial charge in [0.05, 0.1) is 17.1 Å². The van der Waals surface area contributed by atoms with Gasteiger partial charge in [0.25, 0.3) is 5.91 Å². The number of rotatable bonds is 8. The molecular formula is C21H24N4O3. The molecule has 1 aromatic carbocycles. The molecule has 3 rings (SSSR count). The van der Waals surface area contributed by atoms with Crippen LogP contribution in [0.1, 0.15) is 36.6 Å². The summed E-state index contributed by atoms with van der Waals surface area (Å²) in [5.74, 6) is 0.312. The molecule has 0 fully saturated rings. The third kappa shape index (κ3) is 4.94. The van der Waals surface area contributed by atoms with Crippen LogP contribution in [0.5, 0.6) is 0 Å². The first-order valence-corrected chi connectivity index (χ1v) is 9.37. The van der Waals surface area contributed by atoms with Crippen molar-refractivity contribution in [3.63, 3.8) is 0 Å². The Bertz CT molecular complexity index is 951. The fraction of sp³-hybridized carbons (Fsp3) is 0.333. The molecule has 1 amide bonds. The molecule has 2 aromatic heterocycles. The molecule has 3 aromatic rings. The number of hydrogen-bond acceptors (Lipinski definition) is 5. The minimum atomic E-state index is -0.289. The quantitative estimate of drug-likeness (QED) is 0.480. The molecule has 146 valence electrons. The zero-order chi connectivity index (χ0) is 19.9. The van der Waals surface area contributed by atoms with Gasteiger partial charge >= 0.3 is 5.97 Å². The zero-order valence-corrected chi connectivity index (χ0v) is 16.1. The lowest BCUT2D eigenvalue weighted by molar-refractivity contribution is -0.148. The van der Waals surface area contributed by atoms with Crippen LogP contribution in [0.15, 0.2) is 48.7 Å². The zero-order valence-electron chi connectivity index (χ0n) is 16.1. The maximum Gasteiger partial charge on any atom is 0.326 e. The first kappa shape index (κ1) is 19.5. The summed E-state index contributed by atoms with van der Waals surface area (Å²) in [7, 11) is 0. The van der Waals surface area contributed by atoms with Crippen LogP contribution in [-0.4, -0.2) is 39.1 Å². The highest BCUT2D eigenvalue weighted by Gasteiger charge is 2.15. The standard InChI is InChI=1S/C21H24N4O3/c1-15(2)28-20(26)14-25-18-10-4-3-8-16(18)24-19(25)11-7-13-23-21(27)17-9-5-6-12-22-17/h3-6,8-10,12,15H,7,11,13-14H2,1-2H3,(H,23,27). The number of carbonyl (C=O) groups excluding carboxylic acids is 2. The molecule has 0 aliphatic heterocycles. The smallest absolute Gasteiger partial charge is 0.326 e. The van der Waals surface area contributed by atoms with Gasteiger partial charge < -0.3 is 14.6 Å². The van der Waals surface area contributed by atoms with Crippen molar-refractivity contribution in [2.75, 3.05) is 6.54 Å². The second-order valence-corrected chi connectivity index (χ2v) is 6.72. The number of carbonyl (C=O) groups is 2. The Morgan fingerprint density at radius 3 is 2.68 bits per heavy atom. The van der Waals surface area contributed by atoms with Gasteiger partial charge in [-0.05, 0) is 44.5 Å². The average molecular weight is 380 g/mol. The third-order valence-electron chi connectivity index (χ3n) is 4.15. The Morgan fingerprint density at radius 2 is 1.93 bits per heavy atom. The van der Waals surface area contributed by atoms with Crippen LogP contribution in [-0.2, 0) is 22.5 Å². The Labute approximate surface area is 163 Å². The summed E-state index contributed by atoms with van der Waals surface area (Å²) < 4.78 is 7.17. The van der Waals surface area contributed by atoms with Gasteiger partial charge in [-0.15, -0.1) is 0 Å². The minimum Gasteiger partial charge on any atom is -0.462 e. The predicted molar refractivity (Wildman–Crippen MR) is 106 cm³/mol. The Kier molecular flexibility index (Phi) is 6.37. The van der Waals surface area contributed by atoms with Crippen molar-refractivity contribution < 1.29 is 14.3 Å². The topological polar surface area (TPSA) is 86.1 Å². The number of nitrogens with one attached hydrogen (secondary N) is 1. The van der Waals surface area contributed by atoms with Gasteiger partial charge in [-0.2, -0.15) is 0 Å². The normalized spacial score (nSPS) is 11.0. The monoisotopic (exact) mass is 380 g/mol. The van der Waals surface area contributed by atoms with E-state index in [-0.39, 0.29) is 24.5 Å². The first-order valence-electron chi connectivity index (χ1n) is 9.37. The van der Waals surface area contributed by atoms with E-state index in [1.165, 1.54) is 0 Å². The van der Waals surface area contributed by atoms with Crippen LogP contribution in [0.2, 0.25) is 0 Å². The van der Waals surface area contributed by atoms with E-state index < -0.39 is 0 Å². The minimum absolute atomic E-state index is 0.119. The summed E-state index contributed by atoms with van der Waals surface area (Å²) in [6.45, 7) is 4.27. The number of para-hydroxylation sites is 2. The van der Waals surface area contributed by atoms with Crippen molar-refractivity contribution in [1.82, 2.24) is 19.9 Å². The molecule has 0 radical (unpaired) electrons. The number of aromatic nitrogens is 3. The molecule has 0 saturated carbocycles. The number of pyridine rings is 1. The lowest BCUT2D eigenvalue weighted by atomic mass is 10.2. The Morgan fingerprint density at radius 1 is 1.14 bits per heavy atom. The highest BCUT2D eigenvalue weighted by molar-refractivity contribution is 5.92. The van der Waals surface area contributed by atoms with E-state index in [2.05, 4.69) is 15.3 Å². The summed E-state index contributed by atoms with van der Waals surface area (Å²) in [5, 5.41) is 2.86. The van der Waals surface area contributed by atoms with Crippen molar-refractivity contribution in [2.45, 2.75) is 39.3 Å². The molecule has 7 heteroatoms. The molecule has 0 unspecified atom stereocenters. The lowest BCUT2D eigenvalue weighted by Crippen LogP contribution is -2.26. The molecule has 0 aliphatic rings. The largest absolute Gasteiger partial charge is 0.462 e. The third-order valence-corrected chi connectivity index (χ3v) is 4.15.